The van der Waals surface area contributed by atoms with Crippen LogP contribution in [0.1, 0.15) is 23.2 Å². The lowest BCUT2D eigenvalue weighted by Crippen LogP contribution is -2.24. The fourth-order valence-corrected chi connectivity index (χ4v) is 2.01. The van der Waals surface area contributed by atoms with Crippen LogP contribution >= 0.6 is 0 Å². The van der Waals surface area contributed by atoms with E-state index in [9.17, 15) is 13.2 Å². The number of nitrogens with zero attached hydrogens (tertiary/aromatic N) is 1. The Hall–Kier alpha value is -1.87. The molecule has 0 fully saturated rings. The van der Waals surface area contributed by atoms with E-state index in [1.807, 2.05) is 6.07 Å². The Morgan fingerprint density at radius 1 is 1.44 bits per heavy atom. The number of nitriles is 1. The van der Waals surface area contributed by atoms with Crippen molar-refractivity contribution in [2.45, 2.75) is 17.7 Å². The van der Waals surface area contributed by atoms with E-state index in [-0.39, 0.29) is 10.8 Å². The van der Waals surface area contributed by atoms with E-state index in [1.54, 1.807) is 6.07 Å². The summed E-state index contributed by atoms with van der Waals surface area (Å²) in [6, 6.07) is 7.85. The lowest BCUT2D eigenvalue weighted by Gasteiger charge is -2.05. The summed E-state index contributed by atoms with van der Waals surface area (Å²) in [7, 11) is -3.31. The second-order valence-electron chi connectivity index (χ2n) is 3.82. The molecule has 0 bridgehead atoms. The van der Waals surface area contributed by atoms with Gasteiger partial charge in [0.05, 0.1) is 11.0 Å². The zero-order valence-corrected chi connectivity index (χ0v) is 10.8. The molecule has 0 aliphatic carbocycles. The van der Waals surface area contributed by atoms with Gasteiger partial charge in [-0.1, -0.05) is 6.07 Å². The van der Waals surface area contributed by atoms with Crippen molar-refractivity contribution in [2.24, 2.45) is 0 Å². The fourth-order valence-electron chi connectivity index (χ4n) is 1.34. The van der Waals surface area contributed by atoms with E-state index in [0.717, 1.165) is 6.26 Å². The van der Waals surface area contributed by atoms with Gasteiger partial charge in [-0.15, -0.1) is 0 Å². The molecule has 0 saturated heterocycles. The van der Waals surface area contributed by atoms with Crippen molar-refractivity contribution in [1.29, 1.82) is 5.26 Å². The zero-order valence-electron chi connectivity index (χ0n) is 10.0. The molecule has 0 aliphatic heterocycles. The van der Waals surface area contributed by atoms with Gasteiger partial charge in [-0.2, -0.15) is 5.26 Å². The van der Waals surface area contributed by atoms with E-state index in [1.165, 1.54) is 18.2 Å². The van der Waals surface area contributed by atoms with Crippen LogP contribution in [0.5, 0.6) is 0 Å². The molecule has 0 saturated carbocycles. The molecule has 1 rings (SSSR count). The van der Waals surface area contributed by atoms with Crippen molar-refractivity contribution in [1.82, 2.24) is 5.32 Å². The summed E-state index contributed by atoms with van der Waals surface area (Å²) in [6.45, 7) is 0.398. The maximum atomic E-state index is 11.7. The zero-order chi connectivity index (χ0) is 13.6. The van der Waals surface area contributed by atoms with E-state index in [2.05, 4.69) is 5.32 Å². The van der Waals surface area contributed by atoms with Crippen molar-refractivity contribution in [3.05, 3.63) is 29.8 Å². The average molecular weight is 266 g/mol. The lowest BCUT2D eigenvalue weighted by molar-refractivity contribution is 0.0953. The highest BCUT2D eigenvalue weighted by Gasteiger charge is 2.10. The Balaban J connectivity index is 2.73. The number of rotatable bonds is 5. The Kier molecular flexibility index (Phi) is 4.86. The molecule has 0 aromatic heterocycles. The molecule has 5 nitrogen and oxygen atoms in total. The molecule has 0 radical (unpaired) electrons. The standard InChI is InChI=1S/C12H14N2O3S/c1-18(16,17)11-6-4-5-10(9-11)12(15)14-8-3-2-7-13/h4-6,9H,2-3,8H2,1H3,(H,14,15). The smallest absolute Gasteiger partial charge is 0.251 e. The number of carbonyl (C=O) groups excluding carboxylic acids is 1. The van der Waals surface area contributed by atoms with Gasteiger partial charge in [0.2, 0.25) is 0 Å². The molecule has 0 atom stereocenters. The average Bonchev–Trinajstić information content (AvgIpc) is 2.33. The lowest BCUT2D eigenvalue weighted by atomic mass is 10.2. The van der Waals surface area contributed by atoms with Gasteiger partial charge in [0, 0.05) is 24.8 Å². The summed E-state index contributed by atoms with van der Waals surface area (Å²) < 4.78 is 22.7. The van der Waals surface area contributed by atoms with Crippen molar-refractivity contribution < 1.29 is 13.2 Å². The molecule has 0 aliphatic rings. The molecule has 0 unspecified atom stereocenters. The fraction of sp³-hybridized carbons (Fsp3) is 0.333. The topological polar surface area (TPSA) is 87.0 Å². The molecule has 6 heteroatoms. The highest BCUT2D eigenvalue weighted by Crippen LogP contribution is 2.11. The second kappa shape index (κ2) is 6.17. The third-order valence-electron chi connectivity index (χ3n) is 2.28. The Bertz CT molecular complexity index is 573. The SMILES string of the molecule is CS(=O)(=O)c1cccc(C(=O)NCCCC#N)c1. The molecular weight excluding hydrogens is 252 g/mol. The summed E-state index contributed by atoms with van der Waals surface area (Å²) >= 11 is 0. The summed E-state index contributed by atoms with van der Waals surface area (Å²) in [6.07, 6.45) is 2.05. The number of carbonyl (C=O) groups is 1. The minimum atomic E-state index is -3.31. The molecule has 0 heterocycles. The van der Waals surface area contributed by atoms with Crippen LogP contribution < -0.4 is 5.32 Å². The molecule has 1 amide bonds. The van der Waals surface area contributed by atoms with E-state index in [4.69, 9.17) is 5.26 Å². The van der Waals surface area contributed by atoms with Crippen molar-refractivity contribution in [2.75, 3.05) is 12.8 Å². The highest BCUT2D eigenvalue weighted by atomic mass is 32.2. The Morgan fingerprint density at radius 3 is 2.78 bits per heavy atom. The van der Waals surface area contributed by atoms with Gasteiger partial charge in [0.25, 0.3) is 5.91 Å². The van der Waals surface area contributed by atoms with E-state index in [0.29, 0.717) is 24.9 Å². The maximum Gasteiger partial charge on any atom is 0.251 e. The van der Waals surface area contributed by atoms with Gasteiger partial charge in [-0.3, -0.25) is 4.79 Å². The van der Waals surface area contributed by atoms with Crippen molar-refractivity contribution in [3.63, 3.8) is 0 Å². The molecule has 96 valence electrons. The summed E-state index contributed by atoms with van der Waals surface area (Å²) in [5.41, 5.74) is 0.301. The predicted octanol–water partition coefficient (Wildman–Crippen LogP) is 1.12. The second-order valence-corrected chi connectivity index (χ2v) is 5.83. The summed E-state index contributed by atoms with van der Waals surface area (Å²) in [5.74, 6) is -0.335. The van der Waals surface area contributed by atoms with Crippen LogP contribution in [0.3, 0.4) is 0 Å². The van der Waals surface area contributed by atoms with Crippen LogP contribution in [0, 0.1) is 11.3 Å². The van der Waals surface area contributed by atoms with E-state index >= 15 is 0 Å². The number of hydrogen-bond donors (Lipinski definition) is 1. The van der Waals surface area contributed by atoms with Crippen LogP contribution in [0.15, 0.2) is 29.2 Å². The Labute approximate surface area is 106 Å². The Morgan fingerprint density at radius 2 is 2.17 bits per heavy atom. The molecule has 1 N–H and O–H groups in total. The largest absolute Gasteiger partial charge is 0.352 e. The van der Waals surface area contributed by atoms with Crippen LogP contribution in [0.25, 0.3) is 0 Å². The summed E-state index contributed by atoms with van der Waals surface area (Å²) in [5, 5.41) is 11.0. The quantitative estimate of drug-likeness (QED) is 0.809. The number of sulfone groups is 1. The van der Waals surface area contributed by atoms with Crippen LogP contribution in [0.2, 0.25) is 0 Å². The minimum absolute atomic E-state index is 0.118. The van der Waals surface area contributed by atoms with Crippen molar-refractivity contribution in [3.8, 4) is 6.07 Å². The van der Waals surface area contributed by atoms with Crippen LogP contribution in [0.4, 0.5) is 0 Å². The first-order valence-corrected chi connectivity index (χ1v) is 7.29. The monoisotopic (exact) mass is 266 g/mol. The van der Waals surface area contributed by atoms with Gasteiger partial charge < -0.3 is 5.32 Å². The number of unbranched alkanes of at least 4 members (excludes halogenated alkanes) is 1. The highest BCUT2D eigenvalue weighted by molar-refractivity contribution is 7.90. The first-order valence-electron chi connectivity index (χ1n) is 5.40. The first-order chi connectivity index (χ1) is 8.45. The van der Waals surface area contributed by atoms with Gasteiger partial charge in [0.1, 0.15) is 0 Å². The molecule has 1 aromatic carbocycles. The normalized spacial score (nSPS) is 10.7. The molecule has 0 spiro atoms. The first kappa shape index (κ1) is 14.2. The third kappa shape index (κ3) is 4.18. The predicted molar refractivity (Wildman–Crippen MR) is 66.7 cm³/mol. The van der Waals surface area contributed by atoms with Crippen molar-refractivity contribution >= 4 is 15.7 Å². The van der Waals surface area contributed by atoms with Crippen LogP contribution in [-0.4, -0.2) is 27.1 Å². The van der Waals surface area contributed by atoms with Gasteiger partial charge in [0.15, 0.2) is 9.84 Å². The number of hydrogen-bond acceptors (Lipinski definition) is 4. The summed E-state index contributed by atoms with van der Waals surface area (Å²) in [4.78, 5) is 11.8. The maximum absolute atomic E-state index is 11.7. The van der Waals surface area contributed by atoms with Gasteiger partial charge in [-0.25, -0.2) is 8.42 Å². The van der Waals surface area contributed by atoms with Gasteiger partial charge >= 0.3 is 0 Å². The third-order valence-corrected chi connectivity index (χ3v) is 3.39. The molecule has 18 heavy (non-hydrogen) atoms. The number of benzene rings is 1. The van der Waals surface area contributed by atoms with Gasteiger partial charge in [-0.05, 0) is 24.6 Å². The molecular formula is C12H14N2O3S. The number of nitrogens with one attached hydrogen (secondary N) is 1. The molecule has 1 aromatic rings. The van der Waals surface area contributed by atoms with Crippen LogP contribution in [-0.2, 0) is 9.84 Å². The minimum Gasteiger partial charge on any atom is -0.352 e. The van der Waals surface area contributed by atoms with E-state index < -0.39 is 9.84 Å². The number of amides is 1.